The SMILES string of the molecule is N#CCC1CCC(c2sccc2Br)O1. The van der Waals surface area contributed by atoms with Gasteiger partial charge in [0.15, 0.2) is 0 Å². The van der Waals surface area contributed by atoms with Crippen molar-refractivity contribution in [3.8, 4) is 6.07 Å². The molecule has 1 aliphatic heterocycles. The highest BCUT2D eigenvalue weighted by Crippen LogP contribution is 2.39. The Kier molecular flexibility index (Phi) is 3.22. The normalized spacial score (nSPS) is 26.3. The van der Waals surface area contributed by atoms with Gasteiger partial charge in [-0.2, -0.15) is 5.26 Å². The second kappa shape index (κ2) is 4.43. The fourth-order valence-electron chi connectivity index (χ4n) is 1.69. The second-order valence-electron chi connectivity index (χ2n) is 3.32. The number of nitrogens with zero attached hydrogens (tertiary/aromatic N) is 1. The molecule has 1 saturated heterocycles. The Balaban J connectivity index is 2.03. The highest BCUT2D eigenvalue weighted by molar-refractivity contribution is 9.10. The summed E-state index contributed by atoms with van der Waals surface area (Å²) < 4.78 is 6.91. The van der Waals surface area contributed by atoms with E-state index in [1.807, 2.05) is 6.07 Å². The van der Waals surface area contributed by atoms with E-state index in [0.29, 0.717) is 6.42 Å². The third-order valence-electron chi connectivity index (χ3n) is 2.36. The molecule has 2 nitrogen and oxygen atoms in total. The third kappa shape index (κ3) is 2.00. The molecule has 1 aromatic rings. The molecule has 0 N–H and O–H groups in total. The van der Waals surface area contributed by atoms with E-state index in [2.05, 4.69) is 27.4 Å². The predicted molar refractivity (Wildman–Crippen MR) is 59.1 cm³/mol. The van der Waals surface area contributed by atoms with E-state index in [1.165, 1.54) is 4.88 Å². The van der Waals surface area contributed by atoms with Gasteiger partial charge in [-0.15, -0.1) is 11.3 Å². The molecular weight excluding hydrogens is 262 g/mol. The van der Waals surface area contributed by atoms with Crippen molar-refractivity contribution in [3.05, 3.63) is 20.8 Å². The van der Waals surface area contributed by atoms with Gasteiger partial charge in [0.25, 0.3) is 0 Å². The second-order valence-corrected chi connectivity index (χ2v) is 5.12. The number of thiophene rings is 1. The number of hydrogen-bond acceptors (Lipinski definition) is 3. The molecule has 2 rings (SSSR count). The monoisotopic (exact) mass is 271 g/mol. The summed E-state index contributed by atoms with van der Waals surface area (Å²) in [5, 5.41) is 10.6. The van der Waals surface area contributed by atoms with Gasteiger partial charge in [-0.05, 0) is 40.2 Å². The first-order chi connectivity index (χ1) is 6.81. The maximum atomic E-state index is 8.56. The van der Waals surface area contributed by atoms with Crippen LogP contribution in [0.1, 0.15) is 30.2 Å². The van der Waals surface area contributed by atoms with Gasteiger partial charge in [0.05, 0.1) is 24.7 Å². The summed E-state index contributed by atoms with van der Waals surface area (Å²) in [6.45, 7) is 0. The average molecular weight is 272 g/mol. The molecule has 0 amide bonds. The lowest BCUT2D eigenvalue weighted by Gasteiger charge is -2.10. The maximum Gasteiger partial charge on any atom is 0.0933 e. The number of hydrogen-bond donors (Lipinski definition) is 0. The highest BCUT2D eigenvalue weighted by Gasteiger charge is 2.28. The Morgan fingerprint density at radius 1 is 1.64 bits per heavy atom. The summed E-state index contributed by atoms with van der Waals surface area (Å²) >= 11 is 5.21. The molecule has 0 saturated carbocycles. The van der Waals surface area contributed by atoms with Gasteiger partial charge < -0.3 is 4.74 Å². The molecule has 0 spiro atoms. The molecular formula is C10H10BrNOS. The Labute approximate surface area is 95.6 Å². The minimum absolute atomic E-state index is 0.138. The molecule has 0 aliphatic carbocycles. The summed E-state index contributed by atoms with van der Waals surface area (Å²) in [5.41, 5.74) is 0. The number of halogens is 1. The van der Waals surface area contributed by atoms with Gasteiger partial charge >= 0.3 is 0 Å². The summed E-state index contributed by atoms with van der Waals surface area (Å²) in [6, 6.07) is 4.20. The van der Waals surface area contributed by atoms with Gasteiger partial charge in [-0.1, -0.05) is 0 Å². The lowest BCUT2D eigenvalue weighted by atomic mass is 10.1. The van der Waals surface area contributed by atoms with Crippen LogP contribution in [0.25, 0.3) is 0 Å². The van der Waals surface area contributed by atoms with Gasteiger partial charge in [-0.25, -0.2) is 0 Å². The Hall–Kier alpha value is -0.370. The highest BCUT2D eigenvalue weighted by atomic mass is 79.9. The van der Waals surface area contributed by atoms with Crippen molar-refractivity contribution in [1.29, 1.82) is 5.26 Å². The van der Waals surface area contributed by atoms with Gasteiger partial charge in [0.2, 0.25) is 0 Å². The number of nitriles is 1. The lowest BCUT2D eigenvalue weighted by molar-refractivity contribution is 0.0492. The van der Waals surface area contributed by atoms with Crippen LogP contribution in [-0.4, -0.2) is 6.10 Å². The molecule has 2 unspecified atom stereocenters. The van der Waals surface area contributed by atoms with Crippen molar-refractivity contribution in [2.24, 2.45) is 0 Å². The fourth-order valence-corrected chi connectivity index (χ4v) is 3.39. The first kappa shape index (κ1) is 10.2. The molecule has 4 heteroatoms. The molecule has 2 heterocycles. The number of ether oxygens (including phenoxy) is 1. The minimum Gasteiger partial charge on any atom is -0.368 e. The first-order valence-electron chi connectivity index (χ1n) is 4.56. The maximum absolute atomic E-state index is 8.56. The topological polar surface area (TPSA) is 33.0 Å². The zero-order valence-electron chi connectivity index (χ0n) is 7.57. The van der Waals surface area contributed by atoms with Crippen LogP contribution in [0.15, 0.2) is 15.9 Å². The zero-order chi connectivity index (χ0) is 9.97. The van der Waals surface area contributed by atoms with Crippen LogP contribution in [-0.2, 0) is 4.74 Å². The Morgan fingerprint density at radius 3 is 3.14 bits per heavy atom. The summed E-state index contributed by atoms with van der Waals surface area (Å²) in [5.74, 6) is 0. The fraction of sp³-hybridized carbons (Fsp3) is 0.500. The van der Waals surface area contributed by atoms with E-state index in [0.717, 1.165) is 17.3 Å². The molecule has 0 aromatic carbocycles. The van der Waals surface area contributed by atoms with Crippen LogP contribution < -0.4 is 0 Å². The molecule has 74 valence electrons. The molecule has 0 bridgehead atoms. The molecule has 2 atom stereocenters. The van der Waals surface area contributed by atoms with E-state index in [-0.39, 0.29) is 12.2 Å². The quantitative estimate of drug-likeness (QED) is 0.823. The number of rotatable bonds is 2. The van der Waals surface area contributed by atoms with Crippen LogP contribution in [0.5, 0.6) is 0 Å². The van der Waals surface area contributed by atoms with Crippen molar-refractivity contribution in [2.75, 3.05) is 0 Å². The van der Waals surface area contributed by atoms with Crippen molar-refractivity contribution in [1.82, 2.24) is 0 Å². The van der Waals surface area contributed by atoms with Crippen molar-refractivity contribution < 1.29 is 4.74 Å². The van der Waals surface area contributed by atoms with Crippen LogP contribution >= 0.6 is 27.3 Å². The third-order valence-corrected chi connectivity index (χ3v) is 4.33. The van der Waals surface area contributed by atoms with Crippen LogP contribution in [0.4, 0.5) is 0 Å². The summed E-state index contributed by atoms with van der Waals surface area (Å²) in [4.78, 5) is 1.26. The molecule has 1 aliphatic rings. The van der Waals surface area contributed by atoms with E-state index < -0.39 is 0 Å². The molecule has 0 radical (unpaired) electrons. The minimum atomic E-state index is 0.138. The summed E-state index contributed by atoms with van der Waals surface area (Å²) in [7, 11) is 0. The predicted octanol–water partition coefficient (Wildman–Crippen LogP) is 3.64. The Bertz CT molecular complexity index is 357. The van der Waals surface area contributed by atoms with Crippen molar-refractivity contribution in [3.63, 3.8) is 0 Å². The Morgan fingerprint density at radius 2 is 2.50 bits per heavy atom. The van der Waals surface area contributed by atoms with Gasteiger partial charge in [-0.3, -0.25) is 0 Å². The molecule has 14 heavy (non-hydrogen) atoms. The van der Waals surface area contributed by atoms with Gasteiger partial charge in [0.1, 0.15) is 0 Å². The average Bonchev–Trinajstić information content (AvgIpc) is 2.74. The largest absolute Gasteiger partial charge is 0.368 e. The van der Waals surface area contributed by atoms with Crippen molar-refractivity contribution >= 4 is 27.3 Å². The van der Waals surface area contributed by atoms with E-state index in [1.54, 1.807) is 11.3 Å². The van der Waals surface area contributed by atoms with E-state index in [9.17, 15) is 0 Å². The van der Waals surface area contributed by atoms with E-state index in [4.69, 9.17) is 10.00 Å². The van der Waals surface area contributed by atoms with Crippen LogP contribution in [0, 0.1) is 11.3 Å². The molecule has 1 aromatic heterocycles. The smallest absolute Gasteiger partial charge is 0.0933 e. The van der Waals surface area contributed by atoms with Crippen LogP contribution in [0.3, 0.4) is 0 Å². The molecule has 1 fully saturated rings. The summed E-state index contributed by atoms with van der Waals surface area (Å²) in [6.07, 6.45) is 2.88. The van der Waals surface area contributed by atoms with Gasteiger partial charge in [0, 0.05) is 9.35 Å². The zero-order valence-corrected chi connectivity index (χ0v) is 9.97. The lowest BCUT2D eigenvalue weighted by Crippen LogP contribution is -2.04. The van der Waals surface area contributed by atoms with Crippen LogP contribution in [0.2, 0.25) is 0 Å². The van der Waals surface area contributed by atoms with E-state index >= 15 is 0 Å². The first-order valence-corrected chi connectivity index (χ1v) is 6.24. The van der Waals surface area contributed by atoms with Crippen molar-refractivity contribution in [2.45, 2.75) is 31.5 Å². The standard InChI is InChI=1S/C10H10BrNOS/c11-8-4-6-14-10(8)9-2-1-7(13-9)3-5-12/h4,6-7,9H,1-3H2.